The summed E-state index contributed by atoms with van der Waals surface area (Å²) in [5.41, 5.74) is 2.18. The molecule has 1 aliphatic rings. The van der Waals surface area contributed by atoms with Crippen LogP contribution in [0.3, 0.4) is 0 Å². The van der Waals surface area contributed by atoms with Crippen molar-refractivity contribution in [2.24, 2.45) is 4.99 Å². The Morgan fingerprint density at radius 3 is 2.54 bits per heavy atom. The number of rotatable bonds is 5. The molecule has 0 saturated carbocycles. The van der Waals surface area contributed by atoms with E-state index < -0.39 is 0 Å². The highest BCUT2D eigenvalue weighted by Gasteiger charge is 2.21. The Balaban J connectivity index is 1.99. The Morgan fingerprint density at radius 2 is 1.88 bits per heavy atom. The van der Waals surface area contributed by atoms with Crippen molar-refractivity contribution in [3.8, 4) is 0 Å². The summed E-state index contributed by atoms with van der Waals surface area (Å²) >= 11 is 6.51. The molecule has 2 heterocycles. The van der Waals surface area contributed by atoms with Crippen molar-refractivity contribution in [1.29, 1.82) is 0 Å². The van der Waals surface area contributed by atoms with Gasteiger partial charge in [-0.25, -0.2) is 4.99 Å². The van der Waals surface area contributed by atoms with E-state index in [-0.39, 0.29) is 0 Å². The van der Waals surface area contributed by atoms with Crippen LogP contribution in [0.5, 0.6) is 0 Å². The zero-order valence-electron chi connectivity index (χ0n) is 14.1. The van der Waals surface area contributed by atoms with Crippen molar-refractivity contribution in [2.45, 2.75) is 19.3 Å². The van der Waals surface area contributed by atoms with Crippen LogP contribution < -0.4 is 4.90 Å². The Morgan fingerprint density at radius 1 is 1.17 bits per heavy atom. The van der Waals surface area contributed by atoms with Crippen LogP contribution in [0.1, 0.15) is 24.0 Å². The molecule has 0 bridgehead atoms. The minimum absolute atomic E-state index is 0.410. The lowest BCUT2D eigenvalue weighted by molar-refractivity contribution is 0.642. The molecule has 24 heavy (non-hydrogen) atoms. The average Bonchev–Trinajstić information content (AvgIpc) is 3.10. The molecule has 3 rings (SSSR count). The third-order valence-electron chi connectivity index (χ3n) is 3.96. The molecule has 1 aliphatic heterocycles. The number of benzene rings is 1. The van der Waals surface area contributed by atoms with Gasteiger partial charge in [-0.05, 0) is 18.4 Å². The fraction of sp³-hybridized carbons (Fsp3) is 0.389. The summed E-state index contributed by atoms with van der Waals surface area (Å²) < 4.78 is 0. The number of nitrogens with zero attached hydrogens (tertiary/aromatic N) is 5. The van der Waals surface area contributed by atoms with Gasteiger partial charge in [0.05, 0.1) is 6.34 Å². The van der Waals surface area contributed by atoms with Crippen molar-refractivity contribution >= 4 is 29.7 Å². The Hall–Kier alpha value is -2.14. The molecule has 0 atom stereocenters. The zero-order valence-corrected chi connectivity index (χ0v) is 14.9. The first-order valence-electron chi connectivity index (χ1n) is 8.19. The Bertz CT molecular complexity index is 709. The molecule has 0 unspecified atom stereocenters. The van der Waals surface area contributed by atoms with Crippen molar-refractivity contribution in [3.63, 3.8) is 0 Å². The fourth-order valence-electron chi connectivity index (χ4n) is 2.80. The average molecular weight is 344 g/mol. The molecule has 0 radical (unpaired) electrons. The molecule has 0 amide bonds. The molecule has 0 spiro atoms. The lowest BCUT2D eigenvalue weighted by atomic mass is 10.1. The molecule has 1 saturated heterocycles. The van der Waals surface area contributed by atoms with E-state index in [4.69, 9.17) is 11.6 Å². The van der Waals surface area contributed by atoms with Crippen LogP contribution in [-0.2, 0) is 6.42 Å². The molecule has 2 aromatic rings. The molecule has 1 aromatic carbocycles. The molecule has 0 aliphatic carbocycles. The molecule has 0 N–H and O–H groups in total. The van der Waals surface area contributed by atoms with Crippen LogP contribution in [0.2, 0.25) is 5.15 Å². The monoisotopic (exact) mass is 343 g/mol. The highest BCUT2D eigenvalue weighted by atomic mass is 35.5. The van der Waals surface area contributed by atoms with Gasteiger partial charge in [0.2, 0.25) is 0 Å². The SMILES string of the molecule is CN(C)C=Nc1nc(Cl)c(Cc2ccccc2)c(N2CCCC2)n1. The van der Waals surface area contributed by atoms with Gasteiger partial charge in [-0.15, -0.1) is 0 Å². The fourth-order valence-corrected chi connectivity index (χ4v) is 3.03. The van der Waals surface area contributed by atoms with E-state index in [2.05, 4.69) is 32.0 Å². The summed E-state index contributed by atoms with van der Waals surface area (Å²) in [6.45, 7) is 2.01. The quantitative estimate of drug-likeness (QED) is 0.473. The normalized spacial score (nSPS) is 14.5. The Kier molecular flexibility index (Phi) is 5.30. The minimum atomic E-state index is 0.410. The van der Waals surface area contributed by atoms with Gasteiger partial charge in [-0.1, -0.05) is 41.9 Å². The largest absolute Gasteiger partial charge is 0.369 e. The smallest absolute Gasteiger partial charge is 0.254 e. The summed E-state index contributed by atoms with van der Waals surface area (Å²) in [7, 11) is 3.83. The van der Waals surface area contributed by atoms with Gasteiger partial charge < -0.3 is 9.80 Å². The first-order chi connectivity index (χ1) is 11.6. The van der Waals surface area contributed by atoms with Crippen LogP contribution in [0, 0.1) is 0 Å². The van der Waals surface area contributed by atoms with E-state index in [0.29, 0.717) is 11.1 Å². The number of halogens is 1. The van der Waals surface area contributed by atoms with Crippen LogP contribution in [0.25, 0.3) is 0 Å². The third-order valence-corrected chi connectivity index (χ3v) is 4.27. The molecule has 5 nitrogen and oxygen atoms in total. The molecular weight excluding hydrogens is 322 g/mol. The van der Waals surface area contributed by atoms with Crippen LogP contribution in [0.15, 0.2) is 35.3 Å². The standard InChI is InChI=1S/C18H22ClN5/c1-23(2)13-20-18-21-16(19)15(12-14-8-4-3-5-9-14)17(22-18)24-10-6-7-11-24/h3-5,8-9,13H,6-7,10-12H2,1-2H3. The van der Waals surface area contributed by atoms with Crippen molar-refractivity contribution < 1.29 is 0 Å². The van der Waals surface area contributed by atoms with Gasteiger partial charge in [0.1, 0.15) is 11.0 Å². The zero-order chi connectivity index (χ0) is 16.9. The number of aliphatic imine (C=N–C) groups is 1. The molecule has 1 aromatic heterocycles. The molecule has 126 valence electrons. The van der Waals surface area contributed by atoms with Crippen LogP contribution >= 0.6 is 11.6 Å². The highest BCUT2D eigenvalue weighted by molar-refractivity contribution is 6.30. The van der Waals surface area contributed by atoms with Crippen LogP contribution in [-0.4, -0.2) is 48.4 Å². The maximum atomic E-state index is 6.51. The topological polar surface area (TPSA) is 44.6 Å². The second-order valence-electron chi connectivity index (χ2n) is 6.18. The van der Waals surface area contributed by atoms with Crippen molar-refractivity contribution in [1.82, 2.24) is 14.9 Å². The van der Waals surface area contributed by atoms with Gasteiger partial charge >= 0.3 is 0 Å². The summed E-state index contributed by atoms with van der Waals surface area (Å²) in [5.74, 6) is 1.33. The van der Waals surface area contributed by atoms with Gasteiger partial charge in [0, 0.05) is 39.2 Å². The number of hydrogen-bond acceptors (Lipinski definition) is 4. The lowest BCUT2D eigenvalue weighted by Crippen LogP contribution is -2.21. The van der Waals surface area contributed by atoms with E-state index in [1.54, 1.807) is 6.34 Å². The summed E-state index contributed by atoms with van der Waals surface area (Å²) in [6, 6.07) is 10.3. The second-order valence-corrected chi connectivity index (χ2v) is 6.54. The lowest BCUT2D eigenvalue weighted by Gasteiger charge is -2.21. The predicted octanol–water partition coefficient (Wildman–Crippen LogP) is 3.54. The molecular formula is C18H22ClN5. The third kappa shape index (κ3) is 4.03. The first-order valence-corrected chi connectivity index (χ1v) is 8.57. The molecule has 1 fully saturated rings. The van der Waals surface area contributed by atoms with Crippen molar-refractivity contribution in [3.05, 3.63) is 46.6 Å². The highest BCUT2D eigenvalue weighted by Crippen LogP contribution is 2.31. The van der Waals surface area contributed by atoms with Crippen LogP contribution in [0.4, 0.5) is 11.8 Å². The van der Waals surface area contributed by atoms with Gasteiger partial charge in [-0.2, -0.15) is 9.97 Å². The maximum Gasteiger partial charge on any atom is 0.254 e. The maximum absolute atomic E-state index is 6.51. The predicted molar refractivity (Wildman–Crippen MR) is 99.6 cm³/mol. The number of anilines is 1. The summed E-state index contributed by atoms with van der Waals surface area (Å²) in [5, 5.41) is 0.488. The minimum Gasteiger partial charge on any atom is -0.369 e. The summed E-state index contributed by atoms with van der Waals surface area (Å²) in [4.78, 5) is 17.5. The van der Waals surface area contributed by atoms with E-state index in [1.807, 2.05) is 37.2 Å². The van der Waals surface area contributed by atoms with E-state index >= 15 is 0 Å². The Labute approximate surface area is 148 Å². The number of aromatic nitrogens is 2. The summed E-state index contributed by atoms with van der Waals surface area (Å²) in [6.07, 6.45) is 4.78. The second kappa shape index (κ2) is 7.62. The van der Waals surface area contributed by atoms with E-state index in [1.165, 1.54) is 18.4 Å². The number of hydrogen-bond donors (Lipinski definition) is 0. The van der Waals surface area contributed by atoms with Gasteiger partial charge in [0.25, 0.3) is 5.95 Å². The van der Waals surface area contributed by atoms with E-state index in [0.717, 1.165) is 30.9 Å². The van der Waals surface area contributed by atoms with Gasteiger partial charge in [0.15, 0.2) is 0 Å². The van der Waals surface area contributed by atoms with Gasteiger partial charge in [-0.3, -0.25) is 0 Å². The first kappa shape index (κ1) is 16.7. The van der Waals surface area contributed by atoms with Crippen molar-refractivity contribution in [2.75, 3.05) is 32.1 Å². The van der Waals surface area contributed by atoms with E-state index in [9.17, 15) is 0 Å². The molecule has 6 heteroatoms.